The molecular formula is C31H32Cl2F2N2O7. The van der Waals surface area contributed by atoms with E-state index in [4.69, 9.17) is 42.1 Å². The molecule has 1 aromatic heterocycles. The number of nitrogens with one attached hydrogen (secondary N) is 1. The van der Waals surface area contributed by atoms with Crippen LogP contribution in [0.2, 0.25) is 10.0 Å². The molecule has 1 fully saturated rings. The predicted molar refractivity (Wildman–Crippen MR) is 160 cm³/mol. The number of amides is 1. The summed E-state index contributed by atoms with van der Waals surface area (Å²) in [7, 11) is 1.41. The number of anilines is 1. The Morgan fingerprint density at radius 1 is 1.02 bits per heavy atom. The second-order valence-corrected chi connectivity index (χ2v) is 11.9. The summed E-state index contributed by atoms with van der Waals surface area (Å²) in [6, 6.07) is 8.66. The van der Waals surface area contributed by atoms with Crippen molar-refractivity contribution in [2.75, 3.05) is 19.0 Å². The molecule has 236 valence electrons. The first-order valence-electron chi connectivity index (χ1n) is 13.7. The van der Waals surface area contributed by atoms with E-state index in [2.05, 4.69) is 15.0 Å². The standard InChI is InChI=1S/C31H32Cl2F2N2O7/c1-31(2,3)44-30(39)37-23-11-19(8-9-24(23)40-4)28(38)42-26(13-20-21(32)14-36-15-22(20)33)18-7-10-25(43-29(34)35)27(12-18)41-16-17-5-6-17/h7-12,14-15,17,26,29H,5-6,13,16H2,1-4H3,(H,37,39)/t26-/m0/s1. The van der Waals surface area contributed by atoms with E-state index in [9.17, 15) is 18.4 Å². The molecule has 2 aromatic carbocycles. The van der Waals surface area contributed by atoms with E-state index in [1.165, 1.54) is 55.9 Å². The minimum Gasteiger partial charge on any atom is -0.495 e. The highest BCUT2D eigenvalue weighted by molar-refractivity contribution is 6.35. The number of hydrogen-bond acceptors (Lipinski definition) is 8. The number of methoxy groups -OCH3 is 1. The number of aromatic nitrogens is 1. The van der Waals surface area contributed by atoms with Gasteiger partial charge < -0.3 is 23.7 Å². The molecule has 0 bridgehead atoms. The molecule has 9 nitrogen and oxygen atoms in total. The summed E-state index contributed by atoms with van der Waals surface area (Å²) in [5.74, 6) is -0.218. The Morgan fingerprint density at radius 3 is 2.32 bits per heavy atom. The van der Waals surface area contributed by atoms with Crippen LogP contribution >= 0.6 is 23.2 Å². The molecule has 1 aliphatic carbocycles. The normalized spacial score (nSPS) is 13.7. The predicted octanol–water partition coefficient (Wildman–Crippen LogP) is 8.28. The van der Waals surface area contributed by atoms with Crippen molar-refractivity contribution >= 4 is 41.0 Å². The van der Waals surface area contributed by atoms with Crippen LogP contribution in [-0.4, -0.2) is 43.0 Å². The number of pyridine rings is 1. The average Bonchev–Trinajstić information content (AvgIpc) is 3.77. The first-order valence-corrected chi connectivity index (χ1v) is 14.5. The number of ether oxygens (including phenoxy) is 5. The van der Waals surface area contributed by atoms with Gasteiger partial charge in [-0.1, -0.05) is 29.3 Å². The van der Waals surface area contributed by atoms with Crippen molar-refractivity contribution in [2.24, 2.45) is 5.92 Å². The van der Waals surface area contributed by atoms with Gasteiger partial charge >= 0.3 is 18.7 Å². The summed E-state index contributed by atoms with van der Waals surface area (Å²) in [6.45, 7) is 2.41. The SMILES string of the molecule is COc1ccc(C(=O)O[C@@H](Cc2c(Cl)cncc2Cl)c2ccc(OC(F)F)c(OCC3CC3)c2)cc1NC(=O)OC(C)(C)C. The highest BCUT2D eigenvalue weighted by Gasteiger charge is 2.27. The lowest BCUT2D eigenvalue weighted by atomic mass is 10.0. The molecule has 1 atom stereocenters. The van der Waals surface area contributed by atoms with Crippen LogP contribution in [0.1, 0.15) is 61.2 Å². The van der Waals surface area contributed by atoms with Gasteiger partial charge in [-0.05, 0) is 81.0 Å². The van der Waals surface area contributed by atoms with Gasteiger partial charge in [0.15, 0.2) is 11.5 Å². The number of carbonyl (C=O) groups excluding carboxylic acids is 2. The van der Waals surface area contributed by atoms with Gasteiger partial charge in [-0.2, -0.15) is 8.78 Å². The molecule has 1 N–H and O–H groups in total. The smallest absolute Gasteiger partial charge is 0.412 e. The summed E-state index contributed by atoms with van der Waals surface area (Å²) in [5, 5.41) is 3.07. The van der Waals surface area contributed by atoms with Crippen LogP contribution in [0.15, 0.2) is 48.8 Å². The average molecular weight is 654 g/mol. The third-order valence-electron chi connectivity index (χ3n) is 6.39. The maximum absolute atomic E-state index is 13.5. The Balaban J connectivity index is 1.67. The van der Waals surface area contributed by atoms with Crippen molar-refractivity contribution in [1.29, 1.82) is 0 Å². The minimum atomic E-state index is -3.06. The highest BCUT2D eigenvalue weighted by atomic mass is 35.5. The molecule has 4 rings (SSSR count). The first-order chi connectivity index (χ1) is 20.8. The molecule has 44 heavy (non-hydrogen) atoms. The number of halogens is 4. The number of alkyl halides is 2. The fraction of sp³-hybridized carbons (Fsp3) is 0.387. The van der Waals surface area contributed by atoms with Gasteiger partial charge in [0.1, 0.15) is 17.5 Å². The summed E-state index contributed by atoms with van der Waals surface area (Å²) in [6.07, 6.45) is 3.04. The number of nitrogens with zero attached hydrogens (tertiary/aromatic N) is 1. The van der Waals surface area contributed by atoms with Crippen LogP contribution in [0.25, 0.3) is 0 Å². The molecule has 0 radical (unpaired) electrons. The van der Waals surface area contributed by atoms with Crippen LogP contribution in [-0.2, 0) is 15.9 Å². The Hall–Kier alpha value is -3.83. The van der Waals surface area contributed by atoms with Gasteiger partial charge in [-0.25, -0.2) is 9.59 Å². The fourth-order valence-corrected chi connectivity index (χ4v) is 4.63. The third kappa shape index (κ3) is 9.33. The molecule has 1 aliphatic rings. The Kier molecular flexibility index (Phi) is 10.7. The van der Waals surface area contributed by atoms with E-state index in [0.29, 0.717) is 23.7 Å². The molecular weight excluding hydrogens is 621 g/mol. The number of esters is 1. The quantitative estimate of drug-likeness (QED) is 0.195. The second kappa shape index (κ2) is 14.3. The van der Waals surface area contributed by atoms with E-state index in [1.54, 1.807) is 20.8 Å². The van der Waals surface area contributed by atoms with Gasteiger partial charge in [-0.3, -0.25) is 10.3 Å². The number of carbonyl (C=O) groups is 2. The third-order valence-corrected chi connectivity index (χ3v) is 7.04. The van der Waals surface area contributed by atoms with Crippen molar-refractivity contribution < 1.29 is 42.1 Å². The van der Waals surface area contributed by atoms with Crippen molar-refractivity contribution in [3.05, 3.63) is 75.5 Å². The highest BCUT2D eigenvalue weighted by Crippen LogP contribution is 2.38. The van der Waals surface area contributed by atoms with Gasteiger partial charge in [0, 0.05) is 18.8 Å². The maximum atomic E-state index is 13.5. The molecule has 1 amide bonds. The van der Waals surface area contributed by atoms with Crippen molar-refractivity contribution in [3.63, 3.8) is 0 Å². The van der Waals surface area contributed by atoms with Crippen LogP contribution in [0.3, 0.4) is 0 Å². The van der Waals surface area contributed by atoms with E-state index in [1.807, 2.05) is 0 Å². The number of rotatable bonds is 12. The summed E-state index contributed by atoms with van der Waals surface area (Å²) in [5.41, 5.74) is 0.369. The topological polar surface area (TPSA) is 105 Å². The van der Waals surface area contributed by atoms with Crippen LogP contribution in [0, 0.1) is 5.92 Å². The largest absolute Gasteiger partial charge is 0.495 e. The molecule has 0 spiro atoms. The Bertz CT molecular complexity index is 1480. The lowest BCUT2D eigenvalue weighted by Gasteiger charge is -2.22. The zero-order valence-corrected chi connectivity index (χ0v) is 26.0. The van der Waals surface area contributed by atoms with E-state index in [-0.39, 0.29) is 45.0 Å². The molecule has 0 unspecified atom stereocenters. The van der Waals surface area contributed by atoms with Gasteiger partial charge in [0.05, 0.1) is 35.0 Å². The minimum absolute atomic E-state index is 0.0161. The van der Waals surface area contributed by atoms with Crippen molar-refractivity contribution in [3.8, 4) is 17.2 Å². The molecule has 3 aromatic rings. The zero-order valence-electron chi connectivity index (χ0n) is 24.5. The summed E-state index contributed by atoms with van der Waals surface area (Å²) < 4.78 is 53.3. The fourth-order valence-electron chi connectivity index (χ4n) is 4.11. The summed E-state index contributed by atoms with van der Waals surface area (Å²) >= 11 is 12.8. The van der Waals surface area contributed by atoms with Gasteiger partial charge in [0.2, 0.25) is 0 Å². The van der Waals surface area contributed by atoms with Gasteiger partial charge in [0.25, 0.3) is 0 Å². The number of benzene rings is 2. The van der Waals surface area contributed by atoms with E-state index >= 15 is 0 Å². The monoisotopic (exact) mass is 652 g/mol. The Labute approximate surface area is 263 Å². The second-order valence-electron chi connectivity index (χ2n) is 11.1. The maximum Gasteiger partial charge on any atom is 0.412 e. The Morgan fingerprint density at radius 2 is 1.70 bits per heavy atom. The molecule has 13 heteroatoms. The summed E-state index contributed by atoms with van der Waals surface area (Å²) in [4.78, 5) is 29.9. The van der Waals surface area contributed by atoms with Gasteiger partial charge in [-0.15, -0.1) is 0 Å². The van der Waals surface area contributed by atoms with Crippen molar-refractivity contribution in [1.82, 2.24) is 4.98 Å². The zero-order chi connectivity index (χ0) is 32.0. The first kappa shape index (κ1) is 33.1. The molecule has 1 saturated carbocycles. The van der Waals surface area contributed by atoms with E-state index in [0.717, 1.165) is 12.8 Å². The number of hydrogen-bond donors (Lipinski definition) is 1. The molecule has 1 heterocycles. The van der Waals surface area contributed by atoms with Crippen LogP contribution in [0.4, 0.5) is 19.3 Å². The molecule has 0 aliphatic heterocycles. The van der Waals surface area contributed by atoms with Crippen LogP contribution in [0.5, 0.6) is 17.2 Å². The van der Waals surface area contributed by atoms with E-state index < -0.39 is 30.4 Å². The molecule has 0 saturated heterocycles. The van der Waals surface area contributed by atoms with Crippen molar-refractivity contribution in [2.45, 2.75) is 58.4 Å². The lowest BCUT2D eigenvalue weighted by molar-refractivity contribution is -0.0515. The van der Waals surface area contributed by atoms with Crippen LogP contribution < -0.4 is 19.5 Å². The lowest BCUT2D eigenvalue weighted by Crippen LogP contribution is -2.27.